The Kier molecular flexibility index (Phi) is 8.60. The maximum atomic E-state index is 12.6. The van der Waals surface area contributed by atoms with E-state index >= 15 is 0 Å². The first kappa shape index (κ1) is 26.2. The van der Waals surface area contributed by atoms with Gasteiger partial charge in [0.15, 0.2) is 0 Å². The summed E-state index contributed by atoms with van der Waals surface area (Å²) in [6, 6.07) is 6.62. The Balaban J connectivity index is 1.67. The van der Waals surface area contributed by atoms with Crippen LogP contribution in [0.3, 0.4) is 0 Å². The molecule has 3 amide bonds. The summed E-state index contributed by atoms with van der Waals surface area (Å²) >= 11 is 0. The number of halogens is 2. The summed E-state index contributed by atoms with van der Waals surface area (Å²) in [4.78, 5) is 49.3. The van der Waals surface area contributed by atoms with Gasteiger partial charge in [-0.2, -0.15) is 8.78 Å². The Bertz CT molecular complexity index is 1180. The molecule has 3 N–H and O–H groups in total. The van der Waals surface area contributed by atoms with Crippen LogP contribution in [0.1, 0.15) is 34.8 Å². The van der Waals surface area contributed by atoms with Gasteiger partial charge in [0.25, 0.3) is 5.91 Å². The van der Waals surface area contributed by atoms with Crippen LogP contribution < -0.4 is 20.7 Å². The van der Waals surface area contributed by atoms with E-state index in [1.54, 1.807) is 26.0 Å². The zero-order chi connectivity index (χ0) is 26.2. The third kappa shape index (κ3) is 6.81. The lowest BCUT2D eigenvalue weighted by molar-refractivity contribution is -0.142. The highest BCUT2D eigenvalue weighted by Crippen LogP contribution is 2.29. The molecule has 1 aliphatic rings. The minimum atomic E-state index is -3.06. The van der Waals surface area contributed by atoms with E-state index in [1.807, 2.05) is 0 Å². The van der Waals surface area contributed by atoms with Crippen molar-refractivity contribution in [3.8, 4) is 5.75 Å². The van der Waals surface area contributed by atoms with Gasteiger partial charge in [0.05, 0.1) is 17.9 Å². The van der Waals surface area contributed by atoms with Gasteiger partial charge in [-0.05, 0) is 44.2 Å². The first-order chi connectivity index (χ1) is 17.2. The molecule has 0 radical (unpaired) electrons. The maximum Gasteiger partial charge on any atom is 0.387 e. The van der Waals surface area contributed by atoms with Gasteiger partial charge in [0, 0.05) is 5.56 Å². The van der Waals surface area contributed by atoms with Gasteiger partial charge in [-0.15, -0.1) is 0 Å². The van der Waals surface area contributed by atoms with E-state index in [0.717, 1.165) is 6.07 Å². The van der Waals surface area contributed by atoms with Crippen molar-refractivity contribution in [2.24, 2.45) is 0 Å². The molecule has 0 saturated heterocycles. The molecular weight excluding hydrogens is 484 g/mol. The summed E-state index contributed by atoms with van der Waals surface area (Å²) in [5.74, 6) is -1.77. The molecule has 2 aromatic rings. The fourth-order valence-electron chi connectivity index (χ4n) is 3.28. The van der Waals surface area contributed by atoms with Crippen LogP contribution in [0.4, 0.5) is 13.6 Å². The number of furan rings is 1. The van der Waals surface area contributed by atoms with E-state index in [1.165, 1.54) is 18.2 Å². The Morgan fingerprint density at radius 3 is 2.61 bits per heavy atom. The zero-order valence-electron chi connectivity index (χ0n) is 19.3. The average molecular weight is 507 g/mol. The molecule has 0 unspecified atom stereocenters. The van der Waals surface area contributed by atoms with Crippen molar-refractivity contribution in [2.45, 2.75) is 26.5 Å². The zero-order valence-corrected chi connectivity index (χ0v) is 19.3. The molecule has 2 heterocycles. The third-order valence-corrected chi connectivity index (χ3v) is 4.79. The van der Waals surface area contributed by atoms with Crippen LogP contribution in [-0.4, -0.2) is 50.2 Å². The highest BCUT2D eigenvalue weighted by molar-refractivity contribution is 5.96. The molecule has 192 valence electrons. The number of ether oxygens (including phenoxy) is 3. The molecular formula is C23H23F2N3O8. The smallest absolute Gasteiger partial charge is 0.387 e. The van der Waals surface area contributed by atoms with E-state index < -0.39 is 49.7 Å². The minimum absolute atomic E-state index is 0.0153. The second-order valence-electron chi connectivity index (χ2n) is 7.34. The Morgan fingerprint density at radius 2 is 1.94 bits per heavy atom. The van der Waals surface area contributed by atoms with Crippen molar-refractivity contribution in [2.75, 3.05) is 19.8 Å². The Hall–Kier alpha value is -4.42. The summed E-state index contributed by atoms with van der Waals surface area (Å²) in [7, 11) is 0. The largest absolute Gasteiger partial charge is 0.464 e. The number of benzene rings is 1. The minimum Gasteiger partial charge on any atom is -0.464 e. The van der Waals surface area contributed by atoms with E-state index in [4.69, 9.17) is 13.9 Å². The number of rotatable bonds is 10. The van der Waals surface area contributed by atoms with Gasteiger partial charge in [-0.25, -0.2) is 9.59 Å². The molecule has 1 aromatic heterocycles. The number of hydrogen-bond acceptors (Lipinski definition) is 8. The second kappa shape index (κ2) is 11.8. The fraction of sp³-hybridized carbons (Fsp3) is 0.304. The number of aryl methyl sites for hydroxylation is 1. The van der Waals surface area contributed by atoms with Crippen LogP contribution in [0.25, 0.3) is 0 Å². The number of hydrogen-bond donors (Lipinski definition) is 3. The summed E-state index contributed by atoms with van der Waals surface area (Å²) in [6.07, 6.45) is 0. The molecule has 1 atom stereocenters. The summed E-state index contributed by atoms with van der Waals surface area (Å²) in [5.41, 5.74) is -0.0540. The topological polar surface area (TPSA) is 145 Å². The molecule has 13 heteroatoms. The Morgan fingerprint density at radius 1 is 1.17 bits per heavy atom. The van der Waals surface area contributed by atoms with Crippen LogP contribution >= 0.6 is 0 Å². The lowest BCUT2D eigenvalue weighted by atomic mass is 10.0. The predicted molar refractivity (Wildman–Crippen MR) is 118 cm³/mol. The number of carbonyl (C=O) groups is 4. The average Bonchev–Trinajstić information content (AvgIpc) is 3.26. The van der Waals surface area contributed by atoms with Gasteiger partial charge >= 0.3 is 24.6 Å². The molecule has 0 bridgehead atoms. The predicted octanol–water partition coefficient (Wildman–Crippen LogP) is 2.33. The molecule has 1 aliphatic heterocycles. The molecule has 36 heavy (non-hydrogen) atoms. The number of carbonyl (C=O) groups excluding carboxylic acids is 4. The van der Waals surface area contributed by atoms with E-state index in [0.29, 0.717) is 5.76 Å². The third-order valence-electron chi connectivity index (χ3n) is 4.79. The lowest BCUT2D eigenvalue weighted by Gasteiger charge is -2.27. The van der Waals surface area contributed by atoms with Crippen LogP contribution in [0.15, 0.2) is 52.1 Å². The molecule has 1 aromatic carbocycles. The van der Waals surface area contributed by atoms with Crippen molar-refractivity contribution in [3.05, 3.63) is 64.8 Å². The van der Waals surface area contributed by atoms with Crippen LogP contribution in [0.5, 0.6) is 5.75 Å². The molecule has 0 saturated carbocycles. The molecule has 0 spiro atoms. The van der Waals surface area contributed by atoms with Crippen molar-refractivity contribution >= 4 is 23.9 Å². The fourth-order valence-corrected chi connectivity index (χ4v) is 3.28. The van der Waals surface area contributed by atoms with Crippen molar-refractivity contribution in [1.82, 2.24) is 16.0 Å². The number of esters is 2. The number of urea groups is 1. The SMILES string of the molecule is CCOC(=O)C1=C(COC(=O)CNC(=O)c2cccc(OC(F)F)c2)NC(=O)N[C@H]1c1ccc(C)o1. The second-order valence-corrected chi connectivity index (χ2v) is 7.34. The summed E-state index contributed by atoms with van der Waals surface area (Å²) in [5, 5.41) is 7.29. The van der Waals surface area contributed by atoms with E-state index in [2.05, 4.69) is 20.7 Å². The van der Waals surface area contributed by atoms with Crippen LogP contribution in [0.2, 0.25) is 0 Å². The summed E-state index contributed by atoms with van der Waals surface area (Å²) < 4.78 is 44.7. The van der Waals surface area contributed by atoms with Gasteiger partial charge in [-0.1, -0.05) is 6.07 Å². The van der Waals surface area contributed by atoms with Gasteiger partial charge in [0.2, 0.25) is 0 Å². The maximum absolute atomic E-state index is 12.6. The Labute approximate surface area is 203 Å². The molecule has 0 fully saturated rings. The van der Waals surface area contributed by atoms with Crippen molar-refractivity contribution < 1.29 is 46.6 Å². The van der Waals surface area contributed by atoms with Crippen molar-refractivity contribution in [1.29, 1.82) is 0 Å². The molecule has 11 nitrogen and oxygen atoms in total. The van der Waals surface area contributed by atoms with Crippen LogP contribution in [0, 0.1) is 6.92 Å². The highest BCUT2D eigenvalue weighted by Gasteiger charge is 2.36. The molecule has 0 aliphatic carbocycles. The van der Waals surface area contributed by atoms with Gasteiger partial charge < -0.3 is 34.6 Å². The van der Waals surface area contributed by atoms with Crippen LogP contribution in [-0.2, 0) is 19.1 Å². The lowest BCUT2D eigenvalue weighted by Crippen LogP contribution is -2.47. The summed E-state index contributed by atoms with van der Waals surface area (Å²) in [6.45, 7) is -0.782. The monoisotopic (exact) mass is 507 g/mol. The van der Waals surface area contributed by atoms with Gasteiger partial charge in [-0.3, -0.25) is 9.59 Å². The normalized spacial score (nSPS) is 15.1. The standard InChI is InChI=1S/C23H23F2N3O8/c1-3-33-21(31)18-15(27-23(32)28-19(18)16-8-7-12(2)35-16)11-34-17(29)10-26-20(30)13-5-4-6-14(9-13)36-22(24)25/h4-9,19,22H,3,10-11H2,1-2H3,(H,26,30)(H2,27,28,32)/t19-/m0/s1. The van der Waals surface area contributed by atoms with Gasteiger partial charge in [0.1, 0.15) is 36.5 Å². The highest BCUT2D eigenvalue weighted by atomic mass is 19.3. The number of amides is 3. The van der Waals surface area contributed by atoms with Crippen molar-refractivity contribution in [3.63, 3.8) is 0 Å². The first-order valence-corrected chi connectivity index (χ1v) is 10.7. The first-order valence-electron chi connectivity index (χ1n) is 10.7. The number of alkyl halides is 2. The molecule has 3 rings (SSSR count). The van der Waals surface area contributed by atoms with E-state index in [9.17, 15) is 28.0 Å². The van der Waals surface area contributed by atoms with E-state index in [-0.39, 0.29) is 35.0 Å². The number of nitrogens with one attached hydrogen (secondary N) is 3. The quantitative estimate of drug-likeness (QED) is 0.416.